The first-order valence-corrected chi connectivity index (χ1v) is 9.33. The predicted molar refractivity (Wildman–Crippen MR) is 109 cm³/mol. The van der Waals surface area contributed by atoms with Crippen LogP contribution in [0.25, 0.3) is 0 Å². The average molecular weight is 461 g/mol. The number of halogens is 1. The van der Waals surface area contributed by atoms with E-state index in [9.17, 15) is 24.8 Å². The lowest BCUT2D eigenvalue weighted by atomic mass is 9.88. The summed E-state index contributed by atoms with van der Waals surface area (Å²) in [6, 6.07) is 8.72. The van der Waals surface area contributed by atoms with Gasteiger partial charge in [-0.1, -0.05) is 22.0 Å². The molecule has 1 atom stereocenters. The Labute approximate surface area is 174 Å². The summed E-state index contributed by atoms with van der Waals surface area (Å²) in [6.45, 7) is 3.79. The van der Waals surface area contributed by atoms with E-state index in [-0.39, 0.29) is 29.1 Å². The molecule has 0 bridgehead atoms. The number of benzene rings is 2. The monoisotopic (exact) mass is 460 g/mol. The number of methoxy groups -OCH3 is 1. The van der Waals surface area contributed by atoms with Gasteiger partial charge in [0.15, 0.2) is 17.1 Å². The molecule has 0 fully saturated rings. The van der Waals surface area contributed by atoms with E-state index in [4.69, 9.17) is 4.74 Å². The number of nitro groups is 1. The first kappa shape index (κ1) is 20.7. The smallest absolute Gasteiger partial charge is 0.311 e. The Morgan fingerprint density at radius 2 is 2.10 bits per heavy atom. The summed E-state index contributed by atoms with van der Waals surface area (Å²) in [5.74, 6) is -1.26. The number of nitro benzene ring substituents is 1. The first-order chi connectivity index (χ1) is 13.7. The lowest BCUT2D eigenvalue weighted by molar-refractivity contribution is -0.385. The van der Waals surface area contributed by atoms with Crippen LogP contribution in [-0.4, -0.2) is 35.4 Å². The van der Waals surface area contributed by atoms with E-state index >= 15 is 0 Å². The van der Waals surface area contributed by atoms with Crippen molar-refractivity contribution in [3.05, 3.63) is 74.8 Å². The van der Waals surface area contributed by atoms with Crippen molar-refractivity contribution in [3.63, 3.8) is 0 Å². The van der Waals surface area contributed by atoms with Gasteiger partial charge in [0.2, 0.25) is 0 Å². The highest BCUT2D eigenvalue weighted by atomic mass is 79.9. The molecule has 0 saturated heterocycles. The van der Waals surface area contributed by atoms with E-state index in [1.807, 2.05) is 0 Å². The van der Waals surface area contributed by atoms with Crippen LogP contribution in [0, 0.1) is 10.1 Å². The van der Waals surface area contributed by atoms with E-state index < -0.39 is 28.6 Å². The molecule has 1 aliphatic rings. The summed E-state index contributed by atoms with van der Waals surface area (Å²) in [5, 5.41) is 22.4. The molecule has 0 spiro atoms. The molecular formula is C20H17BrN2O6. The van der Waals surface area contributed by atoms with Crippen LogP contribution in [0.5, 0.6) is 5.75 Å². The minimum absolute atomic E-state index is 0.00237. The summed E-state index contributed by atoms with van der Waals surface area (Å²) in [5.41, 5.74) is -1.70. The maximum Gasteiger partial charge on any atom is 0.311 e. The van der Waals surface area contributed by atoms with Crippen LogP contribution in [0.4, 0.5) is 11.4 Å². The van der Waals surface area contributed by atoms with E-state index in [0.717, 1.165) is 6.07 Å². The van der Waals surface area contributed by atoms with Gasteiger partial charge >= 0.3 is 5.69 Å². The number of Topliss-reactive ketones (excluding diaryl/α,β-unsaturated/α-hetero) is 1. The van der Waals surface area contributed by atoms with Crippen molar-refractivity contribution in [1.29, 1.82) is 0 Å². The molecule has 8 nitrogen and oxygen atoms in total. The number of ketones is 1. The number of hydrogen-bond acceptors (Lipinski definition) is 6. The summed E-state index contributed by atoms with van der Waals surface area (Å²) in [4.78, 5) is 37.7. The molecule has 1 heterocycles. The van der Waals surface area contributed by atoms with Crippen molar-refractivity contribution in [2.45, 2.75) is 12.0 Å². The molecule has 2 aromatic rings. The van der Waals surface area contributed by atoms with E-state index in [1.165, 1.54) is 30.2 Å². The molecule has 3 rings (SSSR count). The van der Waals surface area contributed by atoms with Crippen molar-refractivity contribution in [3.8, 4) is 5.75 Å². The summed E-state index contributed by atoms with van der Waals surface area (Å²) in [7, 11) is 1.28. The van der Waals surface area contributed by atoms with Crippen LogP contribution in [0.2, 0.25) is 0 Å². The van der Waals surface area contributed by atoms with Crippen molar-refractivity contribution in [2.24, 2.45) is 0 Å². The minimum Gasteiger partial charge on any atom is -0.490 e. The number of nitrogens with zero attached hydrogens (tertiary/aromatic N) is 2. The highest BCUT2D eigenvalue weighted by Crippen LogP contribution is 2.44. The highest BCUT2D eigenvalue weighted by molar-refractivity contribution is 9.10. The lowest BCUT2D eigenvalue weighted by Crippen LogP contribution is -2.41. The molecule has 0 radical (unpaired) electrons. The third-order valence-electron chi connectivity index (χ3n) is 4.72. The van der Waals surface area contributed by atoms with Gasteiger partial charge in [0.1, 0.15) is 0 Å². The number of fused-ring (bicyclic) bond motifs is 1. The van der Waals surface area contributed by atoms with Crippen LogP contribution < -0.4 is 9.64 Å². The molecule has 2 aromatic carbocycles. The maximum absolute atomic E-state index is 13.0. The van der Waals surface area contributed by atoms with Crippen molar-refractivity contribution < 1.29 is 24.4 Å². The standard InChI is InChI=1S/C20H17BrN2O6/c1-3-8-22-15-6-5-13(21)10-14(15)20(26,19(22)25)11-17(24)12-4-7-18(29-2)16(9-12)23(27)28/h3-7,9-10,26H,1,8,11H2,2H3. The van der Waals surface area contributed by atoms with Gasteiger partial charge in [-0.05, 0) is 30.3 Å². The van der Waals surface area contributed by atoms with Crippen LogP contribution in [0.15, 0.2) is 53.5 Å². The van der Waals surface area contributed by atoms with Crippen LogP contribution in [-0.2, 0) is 10.4 Å². The number of anilines is 1. The van der Waals surface area contributed by atoms with Crippen LogP contribution >= 0.6 is 15.9 Å². The van der Waals surface area contributed by atoms with Gasteiger partial charge < -0.3 is 14.7 Å². The fraction of sp³-hybridized carbons (Fsp3) is 0.200. The minimum atomic E-state index is -2.09. The second-order valence-corrected chi connectivity index (χ2v) is 7.39. The van der Waals surface area contributed by atoms with Crippen molar-refractivity contribution in [1.82, 2.24) is 0 Å². The zero-order valence-electron chi connectivity index (χ0n) is 15.4. The Morgan fingerprint density at radius 1 is 1.38 bits per heavy atom. The van der Waals surface area contributed by atoms with Gasteiger partial charge in [-0.2, -0.15) is 0 Å². The molecule has 0 aromatic heterocycles. The van der Waals surface area contributed by atoms with E-state index in [2.05, 4.69) is 22.5 Å². The zero-order chi connectivity index (χ0) is 21.3. The number of amides is 1. The molecule has 150 valence electrons. The SMILES string of the molecule is C=CCN1C(=O)C(O)(CC(=O)c2ccc(OC)c([N+](=O)[O-])c2)c2cc(Br)ccc21. The normalized spacial score (nSPS) is 17.8. The van der Waals surface area contributed by atoms with Gasteiger partial charge in [0.25, 0.3) is 5.91 Å². The predicted octanol–water partition coefficient (Wildman–Crippen LogP) is 3.36. The van der Waals surface area contributed by atoms with Gasteiger partial charge in [-0.3, -0.25) is 19.7 Å². The average Bonchev–Trinajstić information content (AvgIpc) is 2.89. The fourth-order valence-electron chi connectivity index (χ4n) is 3.34. The second-order valence-electron chi connectivity index (χ2n) is 6.47. The summed E-state index contributed by atoms with van der Waals surface area (Å²) in [6.07, 6.45) is 0.955. The summed E-state index contributed by atoms with van der Waals surface area (Å²) >= 11 is 3.31. The molecular weight excluding hydrogens is 444 g/mol. The van der Waals surface area contributed by atoms with E-state index in [0.29, 0.717) is 10.2 Å². The largest absolute Gasteiger partial charge is 0.490 e. The number of carbonyl (C=O) groups excluding carboxylic acids is 2. The van der Waals surface area contributed by atoms with Crippen molar-refractivity contribution >= 4 is 39.0 Å². The molecule has 9 heteroatoms. The van der Waals surface area contributed by atoms with Crippen LogP contribution in [0.1, 0.15) is 22.3 Å². The number of carbonyl (C=O) groups is 2. The number of hydrogen-bond donors (Lipinski definition) is 1. The molecule has 1 aliphatic heterocycles. The topological polar surface area (TPSA) is 110 Å². The van der Waals surface area contributed by atoms with Gasteiger partial charge in [-0.15, -0.1) is 6.58 Å². The summed E-state index contributed by atoms with van der Waals surface area (Å²) < 4.78 is 5.57. The van der Waals surface area contributed by atoms with Crippen LogP contribution in [0.3, 0.4) is 0 Å². The van der Waals surface area contributed by atoms with E-state index in [1.54, 1.807) is 18.2 Å². The van der Waals surface area contributed by atoms with Crippen molar-refractivity contribution in [2.75, 3.05) is 18.6 Å². The van der Waals surface area contributed by atoms with Gasteiger partial charge in [0, 0.05) is 28.2 Å². The fourth-order valence-corrected chi connectivity index (χ4v) is 3.71. The Bertz CT molecular complexity index is 1040. The zero-order valence-corrected chi connectivity index (χ0v) is 17.0. The number of ether oxygens (including phenoxy) is 1. The first-order valence-electron chi connectivity index (χ1n) is 8.54. The Morgan fingerprint density at radius 3 is 2.72 bits per heavy atom. The Kier molecular flexibility index (Phi) is 5.54. The van der Waals surface area contributed by atoms with Gasteiger partial charge in [0.05, 0.1) is 24.1 Å². The Hall–Kier alpha value is -3.04. The number of rotatable bonds is 7. The molecule has 1 N–H and O–H groups in total. The Balaban J connectivity index is 2.01. The van der Waals surface area contributed by atoms with Gasteiger partial charge in [-0.25, -0.2) is 0 Å². The molecule has 0 aliphatic carbocycles. The molecule has 29 heavy (non-hydrogen) atoms. The highest BCUT2D eigenvalue weighted by Gasteiger charge is 2.50. The molecule has 1 amide bonds. The third-order valence-corrected chi connectivity index (χ3v) is 5.21. The number of aliphatic hydroxyl groups is 1. The lowest BCUT2D eigenvalue weighted by Gasteiger charge is -2.22. The molecule has 0 saturated carbocycles. The molecule has 1 unspecified atom stereocenters. The maximum atomic E-state index is 13.0. The second kappa shape index (κ2) is 7.76. The third kappa shape index (κ3) is 3.54. The quantitative estimate of drug-likeness (QED) is 0.293.